The average Bonchev–Trinajstić information content (AvgIpc) is 3.13. The third kappa shape index (κ3) is 4.68. The zero-order valence-corrected chi connectivity index (χ0v) is 15.3. The van der Waals surface area contributed by atoms with Crippen molar-refractivity contribution in [1.29, 1.82) is 0 Å². The van der Waals surface area contributed by atoms with E-state index in [9.17, 15) is 14.9 Å². The molecule has 138 valence electrons. The van der Waals surface area contributed by atoms with Crippen molar-refractivity contribution in [2.24, 2.45) is 0 Å². The van der Waals surface area contributed by atoms with E-state index in [2.05, 4.69) is 9.72 Å². The highest BCUT2D eigenvalue weighted by Crippen LogP contribution is 2.29. The van der Waals surface area contributed by atoms with E-state index in [1.54, 1.807) is 0 Å². The lowest BCUT2D eigenvalue weighted by molar-refractivity contribution is -0.386. The minimum absolute atomic E-state index is 0.0743. The summed E-state index contributed by atoms with van der Waals surface area (Å²) in [5.41, 5.74) is 1.65. The van der Waals surface area contributed by atoms with Crippen molar-refractivity contribution < 1.29 is 19.2 Å². The summed E-state index contributed by atoms with van der Waals surface area (Å²) in [6.45, 7) is 0.101. The Balaban J connectivity index is 1.69. The van der Waals surface area contributed by atoms with Crippen molar-refractivity contribution in [3.8, 4) is 5.75 Å². The first-order valence-electron chi connectivity index (χ1n) is 8.03. The predicted octanol–water partition coefficient (Wildman–Crippen LogP) is 4.01. The minimum atomic E-state index is -0.644. The van der Waals surface area contributed by atoms with Gasteiger partial charge in [-0.25, -0.2) is 9.78 Å². The monoisotopic (exact) mass is 384 g/mol. The van der Waals surface area contributed by atoms with E-state index in [1.165, 1.54) is 30.6 Å². The van der Waals surface area contributed by atoms with Crippen LogP contribution in [-0.2, 0) is 17.8 Å². The molecule has 0 bridgehead atoms. The van der Waals surface area contributed by atoms with E-state index >= 15 is 0 Å². The number of esters is 1. The number of carbonyl (C=O) groups excluding carboxylic acids is 1. The molecular weight excluding hydrogens is 368 g/mol. The molecule has 0 spiro atoms. The molecule has 0 saturated carbocycles. The van der Waals surface area contributed by atoms with Crippen LogP contribution in [0.5, 0.6) is 5.75 Å². The van der Waals surface area contributed by atoms with Gasteiger partial charge in [0.25, 0.3) is 0 Å². The molecule has 0 aliphatic carbocycles. The van der Waals surface area contributed by atoms with Crippen LogP contribution in [0.15, 0.2) is 53.9 Å². The maximum Gasteiger partial charge on any atom is 0.338 e. The SMILES string of the molecule is COC(=O)c1ccc(OCc2csc(Cc3ccccc3)n2)c([N+](=O)[O-])c1. The second-order valence-electron chi connectivity index (χ2n) is 5.61. The Morgan fingerprint density at radius 1 is 1.22 bits per heavy atom. The second kappa shape index (κ2) is 8.41. The third-order valence-electron chi connectivity index (χ3n) is 3.75. The lowest BCUT2D eigenvalue weighted by Crippen LogP contribution is -2.04. The molecule has 0 saturated heterocycles. The van der Waals surface area contributed by atoms with Crippen LogP contribution in [0.2, 0.25) is 0 Å². The second-order valence-corrected chi connectivity index (χ2v) is 6.56. The Kier molecular flexibility index (Phi) is 5.77. The molecule has 0 aliphatic rings. The number of nitro benzene ring substituents is 1. The molecule has 1 heterocycles. The van der Waals surface area contributed by atoms with Gasteiger partial charge < -0.3 is 9.47 Å². The molecule has 3 aromatic rings. The molecule has 0 radical (unpaired) electrons. The van der Waals surface area contributed by atoms with Crippen LogP contribution in [0.1, 0.15) is 26.6 Å². The van der Waals surface area contributed by atoms with Crippen LogP contribution < -0.4 is 4.74 Å². The molecule has 0 atom stereocenters. The highest BCUT2D eigenvalue weighted by atomic mass is 32.1. The zero-order valence-electron chi connectivity index (χ0n) is 14.5. The first-order chi connectivity index (χ1) is 13.1. The molecular formula is C19H16N2O5S. The Morgan fingerprint density at radius 2 is 2.00 bits per heavy atom. The highest BCUT2D eigenvalue weighted by molar-refractivity contribution is 7.09. The van der Waals surface area contributed by atoms with Crippen LogP contribution in [0.3, 0.4) is 0 Å². The summed E-state index contributed by atoms with van der Waals surface area (Å²) in [6, 6.07) is 13.9. The van der Waals surface area contributed by atoms with E-state index in [-0.39, 0.29) is 23.6 Å². The van der Waals surface area contributed by atoms with E-state index in [1.807, 2.05) is 35.7 Å². The standard InChI is InChI=1S/C19H16N2O5S/c1-25-19(22)14-7-8-17(16(10-14)21(23)24)26-11-15-12-27-18(20-15)9-13-5-3-2-4-6-13/h2-8,10,12H,9,11H2,1H3. The van der Waals surface area contributed by atoms with Gasteiger partial charge in [-0.05, 0) is 17.7 Å². The molecule has 1 aromatic heterocycles. The summed E-state index contributed by atoms with van der Waals surface area (Å²) in [5.74, 6) is -0.569. The molecule has 8 heteroatoms. The number of ether oxygens (including phenoxy) is 2. The summed E-state index contributed by atoms with van der Waals surface area (Å²) < 4.78 is 10.1. The Bertz CT molecular complexity index is 956. The van der Waals surface area contributed by atoms with Crippen molar-refractivity contribution in [3.05, 3.63) is 85.9 Å². The summed E-state index contributed by atoms with van der Waals surface area (Å²) in [4.78, 5) is 26.7. The van der Waals surface area contributed by atoms with Crippen molar-refractivity contribution >= 4 is 23.0 Å². The smallest absolute Gasteiger partial charge is 0.338 e. The zero-order chi connectivity index (χ0) is 19.2. The number of rotatable bonds is 7. The minimum Gasteiger partial charge on any atom is -0.480 e. The van der Waals surface area contributed by atoms with Crippen molar-refractivity contribution in [2.75, 3.05) is 7.11 Å². The molecule has 27 heavy (non-hydrogen) atoms. The molecule has 0 N–H and O–H groups in total. The summed E-state index contributed by atoms with van der Waals surface area (Å²) >= 11 is 1.51. The molecule has 0 aliphatic heterocycles. The van der Waals surface area contributed by atoms with Gasteiger partial charge in [0.1, 0.15) is 6.61 Å². The van der Waals surface area contributed by atoms with Gasteiger partial charge >= 0.3 is 11.7 Å². The first-order valence-corrected chi connectivity index (χ1v) is 8.91. The predicted molar refractivity (Wildman–Crippen MR) is 100 cm³/mol. The van der Waals surface area contributed by atoms with Crippen LogP contribution >= 0.6 is 11.3 Å². The Hall–Kier alpha value is -3.26. The number of hydrogen-bond acceptors (Lipinski definition) is 7. The first kappa shape index (κ1) is 18.5. The van der Waals surface area contributed by atoms with Gasteiger partial charge in [-0.1, -0.05) is 30.3 Å². The van der Waals surface area contributed by atoms with Crippen molar-refractivity contribution in [1.82, 2.24) is 4.98 Å². The van der Waals surface area contributed by atoms with Crippen molar-refractivity contribution in [2.45, 2.75) is 13.0 Å². The van der Waals surface area contributed by atoms with Gasteiger partial charge in [-0.15, -0.1) is 11.3 Å². The highest BCUT2D eigenvalue weighted by Gasteiger charge is 2.19. The molecule has 0 amide bonds. The maximum absolute atomic E-state index is 11.5. The van der Waals surface area contributed by atoms with Gasteiger partial charge in [-0.2, -0.15) is 0 Å². The fraction of sp³-hybridized carbons (Fsp3) is 0.158. The molecule has 7 nitrogen and oxygen atoms in total. The van der Waals surface area contributed by atoms with Gasteiger partial charge in [-0.3, -0.25) is 10.1 Å². The number of hydrogen-bond donors (Lipinski definition) is 0. The van der Waals surface area contributed by atoms with E-state index < -0.39 is 10.9 Å². The number of nitro groups is 1. The lowest BCUT2D eigenvalue weighted by Gasteiger charge is -2.06. The summed E-state index contributed by atoms with van der Waals surface area (Å²) in [6.07, 6.45) is 0.722. The summed E-state index contributed by atoms with van der Waals surface area (Å²) in [7, 11) is 1.22. The van der Waals surface area contributed by atoms with Gasteiger partial charge in [0.05, 0.1) is 28.3 Å². The molecule has 2 aromatic carbocycles. The summed E-state index contributed by atoms with van der Waals surface area (Å²) in [5, 5.41) is 14.1. The topological polar surface area (TPSA) is 91.6 Å². The third-order valence-corrected chi connectivity index (χ3v) is 4.65. The van der Waals surface area contributed by atoms with E-state index in [0.717, 1.165) is 23.1 Å². The Labute approximate surface area is 159 Å². The van der Waals surface area contributed by atoms with Gasteiger partial charge in [0.2, 0.25) is 0 Å². The number of carbonyl (C=O) groups is 1. The quantitative estimate of drug-likeness (QED) is 0.347. The number of benzene rings is 2. The Morgan fingerprint density at radius 3 is 2.70 bits per heavy atom. The van der Waals surface area contributed by atoms with Crippen LogP contribution in [0.4, 0.5) is 5.69 Å². The average molecular weight is 384 g/mol. The molecule has 0 fully saturated rings. The van der Waals surface area contributed by atoms with Crippen LogP contribution in [0, 0.1) is 10.1 Å². The molecule has 0 unspecified atom stereocenters. The van der Waals surface area contributed by atoms with E-state index in [4.69, 9.17) is 4.74 Å². The molecule has 3 rings (SSSR count). The fourth-order valence-corrected chi connectivity index (χ4v) is 3.26. The van der Waals surface area contributed by atoms with E-state index in [0.29, 0.717) is 5.69 Å². The van der Waals surface area contributed by atoms with Gasteiger partial charge in [0, 0.05) is 17.9 Å². The van der Waals surface area contributed by atoms with Crippen LogP contribution in [-0.4, -0.2) is 23.0 Å². The number of thiazole rings is 1. The lowest BCUT2D eigenvalue weighted by atomic mass is 10.2. The number of methoxy groups -OCH3 is 1. The van der Waals surface area contributed by atoms with Gasteiger partial charge in [0.15, 0.2) is 5.75 Å². The number of nitrogens with zero attached hydrogens (tertiary/aromatic N) is 2. The van der Waals surface area contributed by atoms with Crippen molar-refractivity contribution in [3.63, 3.8) is 0 Å². The van der Waals surface area contributed by atoms with Crippen LogP contribution in [0.25, 0.3) is 0 Å². The largest absolute Gasteiger partial charge is 0.480 e. The maximum atomic E-state index is 11.5. The number of aromatic nitrogens is 1. The normalized spacial score (nSPS) is 10.4. The fourth-order valence-electron chi connectivity index (χ4n) is 2.45.